The minimum absolute atomic E-state index is 0.0203. The second-order valence-corrected chi connectivity index (χ2v) is 19.6. The zero-order chi connectivity index (χ0) is 49.7. The third-order valence-electron chi connectivity index (χ3n) is 14.4. The predicted molar refractivity (Wildman–Crippen MR) is 262 cm³/mol. The Labute approximate surface area is 395 Å². The molecule has 0 unspecified atom stereocenters. The standard InChI is InChI=1S/C52H66N4O12/c1-25(2)24-55-17-19-56(20-18-55)34-22-35(58)41-37(23-34)67-49-42(53-41)38-39-45(60)32(9)48-40(38)50(62)52(11,68-48)65-21-16-36(64-12)31(8)47(66-33(10)57)30(7)28(5)29(6)44(59)26(3)14-13-15-27(4)51(63)54-43(49)46(39)61/h13-16,21-23,25-26,28-31,36,44,47,59-60,62H,17-20,24H2,1-12H3,(H,54,63)/b14-13+,21-16+,27-15+/t26-,28+,29-,30+,31+,36-,44-,47-,52-/m0/s1. The highest BCUT2D eigenvalue weighted by Gasteiger charge is 2.44. The van der Waals surface area contributed by atoms with Gasteiger partial charge in [-0.15, -0.1) is 0 Å². The van der Waals surface area contributed by atoms with Gasteiger partial charge in [-0.2, -0.15) is 0 Å². The van der Waals surface area contributed by atoms with E-state index in [1.165, 1.54) is 40.2 Å². The number of allylic oxidation sites excluding steroid dienone is 2. The van der Waals surface area contributed by atoms with E-state index in [-0.39, 0.29) is 84.4 Å². The summed E-state index contributed by atoms with van der Waals surface area (Å²) >= 11 is 0. The SMILES string of the molecule is CO[C@H]1/C=C/O[C@@]2(C)Oc3c(C)c(O)c4c(=O)c(c5oc6cc(N7CCN(CC(C)C)CC7)cc(=O)c6nc5c4c3=C2O)NC(=O)/C(C)=C/C=C/[C@H](C)[C@H](O)[C@@H](C)[C@@H](C)[C@@H](C)[C@H](OC(C)=O)[C@@H]1C. The predicted octanol–water partition coefficient (Wildman–Crippen LogP) is 6.61. The molecule has 1 fully saturated rings. The molecule has 1 amide bonds. The molecule has 68 heavy (non-hydrogen) atoms. The number of benzene rings is 3. The van der Waals surface area contributed by atoms with Crippen LogP contribution in [0.5, 0.6) is 11.5 Å². The van der Waals surface area contributed by atoms with Crippen LogP contribution in [0.4, 0.5) is 11.4 Å². The van der Waals surface area contributed by atoms with Gasteiger partial charge >= 0.3 is 11.8 Å². The molecular weight excluding hydrogens is 873 g/mol. The van der Waals surface area contributed by atoms with Crippen LogP contribution in [0.2, 0.25) is 0 Å². The average Bonchev–Trinajstić information content (AvgIpc) is 3.56. The largest absolute Gasteiger partial charge is 0.507 e. The average molecular weight is 939 g/mol. The van der Waals surface area contributed by atoms with Crippen molar-refractivity contribution < 1.29 is 48.3 Å². The lowest BCUT2D eigenvalue weighted by Gasteiger charge is -2.39. The molecule has 366 valence electrons. The van der Waals surface area contributed by atoms with Crippen LogP contribution in [0.25, 0.3) is 38.7 Å². The van der Waals surface area contributed by atoms with Gasteiger partial charge in [-0.1, -0.05) is 66.7 Å². The molecule has 4 heterocycles. The van der Waals surface area contributed by atoms with Gasteiger partial charge in [-0.25, -0.2) is 4.98 Å². The molecule has 1 aromatic heterocycles. The van der Waals surface area contributed by atoms with Crippen molar-refractivity contribution in [3.05, 3.63) is 79.5 Å². The number of carbonyl (C=O) groups is 2. The molecule has 0 saturated carbocycles. The minimum Gasteiger partial charge on any atom is -0.507 e. The fourth-order valence-corrected chi connectivity index (χ4v) is 9.98. The van der Waals surface area contributed by atoms with Crippen LogP contribution in [0.1, 0.15) is 74.8 Å². The highest BCUT2D eigenvalue weighted by atomic mass is 16.7. The molecule has 4 aromatic rings. The van der Waals surface area contributed by atoms with Gasteiger partial charge in [0.05, 0.1) is 29.1 Å². The fourth-order valence-electron chi connectivity index (χ4n) is 9.98. The Kier molecular flexibility index (Phi) is 14.4. The maximum Gasteiger partial charge on any atom is 0.307 e. The van der Waals surface area contributed by atoms with E-state index in [1.807, 2.05) is 34.6 Å². The first-order chi connectivity index (χ1) is 32.1. The van der Waals surface area contributed by atoms with Crippen molar-refractivity contribution in [1.29, 1.82) is 0 Å². The Morgan fingerprint density at radius 1 is 0.956 bits per heavy atom. The lowest BCUT2D eigenvalue weighted by molar-refractivity contribution is -0.157. The molecule has 3 aliphatic rings. The number of carbonyl (C=O) groups excluding carboxylic acids is 2. The van der Waals surface area contributed by atoms with Crippen molar-refractivity contribution >= 4 is 62.0 Å². The summed E-state index contributed by atoms with van der Waals surface area (Å²) in [5.41, 5.74) is -1.12. The van der Waals surface area contributed by atoms with Gasteiger partial charge < -0.3 is 48.9 Å². The maximum absolute atomic E-state index is 14.9. The number of aliphatic hydroxyl groups excluding tert-OH is 2. The Balaban J connectivity index is 1.46. The zero-order valence-electron chi connectivity index (χ0n) is 41.1. The van der Waals surface area contributed by atoms with E-state index in [4.69, 9.17) is 28.3 Å². The van der Waals surface area contributed by atoms with Crippen LogP contribution < -0.4 is 31.0 Å². The number of hydrogen-bond acceptors (Lipinski definition) is 15. The van der Waals surface area contributed by atoms with Crippen LogP contribution in [0.3, 0.4) is 0 Å². The molecule has 1 saturated heterocycles. The smallest absolute Gasteiger partial charge is 0.307 e. The van der Waals surface area contributed by atoms with E-state index in [1.54, 1.807) is 37.3 Å². The van der Waals surface area contributed by atoms with Crippen molar-refractivity contribution in [3.63, 3.8) is 0 Å². The number of esters is 1. The lowest BCUT2D eigenvalue weighted by Crippen LogP contribution is -2.47. The van der Waals surface area contributed by atoms with Crippen molar-refractivity contribution in [1.82, 2.24) is 9.88 Å². The molecule has 16 heteroatoms. The third-order valence-corrected chi connectivity index (χ3v) is 14.4. The number of aromatic nitrogens is 1. The Bertz CT molecular complexity index is 2900. The zero-order valence-corrected chi connectivity index (χ0v) is 41.1. The molecule has 0 spiro atoms. The monoisotopic (exact) mass is 938 g/mol. The molecular formula is C52H66N4O12. The number of aromatic hydroxyl groups is 1. The third kappa shape index (κ3) is 9.29. The van der Waals surface area contributed by atoms with E-state index < -0.39 is 64.3 Å². The number of ether oxygens (including phenoxy) is 4. The van der Waals surface area contributed by atoms with Crippen molar-refractivity contribution in [2.75, 3.05) is 50.1 Å². The van der Waals surface area contributed by atoms with Crippen molar-refractivity contribution in [2.45, 2.75) is 100 Å². The first-order valence-corrected chi connectivity index (χ1v) is 23.5. The molecule has 0 radical (unpaired) electrons. The number of fused-ring (bicyclic) bond motifs is 2. The van der Waals surface area contributed by atoms with E-state index in [0.717, 1.165) is 19.6 Å². The van der Waals surface area contributed by atoms with Crippen LogP contribution >= 0.6 is 0 Å². The van der Waals surface area contributed by atoms with Gasteiger partial charge in [-0.3, -0.25) is 24.1 Å². The summed E-state index contributed by atoms with van der Waals surface area (Å²) in [5.74, 6) is -5.09. The number of anilines is 2. The molecule has 16 nitrogen and oxygen atoms in total. The lowest BCUT2D eigenvalue weighted by atomic mass is 9.73. The van der Waals surface area contributed by atoms with Gasteiger partial charge in [0.2, 0.25) is 10.9 Å². The first kappa shape index (κ1) is 49.9. The highest BCUT2D eigenvalue weighted by Crippen LogP contribution is 2.42. The topological polar surface area (TPSA) is 210 Å². The van der Waals surface area contributed by atoms with E-state index >= 15 is 0 Å². The summed E-state index contributed by atoms with van der Waals surface area (Å²) in [4.78, 5) is 64.9. The number of methoxy groups -OCH3 is 1. The number of nitrogens with zero attached hydrogens (tertiary/aromatic N) is 3. The summed E-state index contributed by atoms with van der Waals surface area (Å²) in [7, 11) is 1.51. The van der Waals surface area contributed by atoms with Gasteiger partial charge in [0.25, 0.3) is 5.91 Å². The van der Waals surface area contributed by atoms with E-state index in [2.05, 4.69) is 29.0 Å². The second-order valence-electron chi connectivity index (χ2n) is 19.6. The highest BCUT2D eigenvalue weighted by molar-refractivity contribution is 6.16. The Hall–Kier alpha value is -5.97. The molecule has 4 bridgehead atoms. The van der Waals surface area contributed by atoms with Crippen LogP contribution in [0.15, 0.2) is 62.3 Å². The number of nitrogens with one attached hydrogen (secondary N) is 1. The molecule has 9 atom stereocenters. The summed E-state index contributed by atoms with van der Waals surface area (Å²) < 4.78 is 30.9. The maximum atomic E-state index is 14.9. The number of aliphatic hydroxyl groups is 2. The minimum atomic E-state index is -1.94. The number of phenolic OH excluding ortho intramolecular Hbond substituents is 1. The number of piperazine rings is 1. The first-order valence-electron chi connectivity index (χ1n) is 23.5. The van der Waals surface area contributed by atoms with Crippen LogP contribution in [0, 0.1) is 42.4 Å². The van der Waals surface area contributed by atoms with E-state index in [9.17, 15) is 34.5 Å². The number of phenols is 1. The quantitative estimate of drug-likeness (QED) is 0.0942. The number of amides is 1. The van der Waals surface area contributed by atoms with Crippen LogP contribution in [-0.2, 0) is 23.8 Å². The molecule has 3 aromatic carbocycles. The number of rotatable bonds is 5. The summed E-state index contributed by atoms with van der Waals surface area (Å²) in [6.45, 7) is 23.8. The van der Waals surface area contributed by atoms with E-state index in [0.29, 0.717) is 24.7 Å². The fraction of sp³-hybridized carbons (Fsp3) is 0.519. The summed E-state index contributed by atoms with van der Waals surface area (Å²) in [5, 5.41) is 38.0. The van der Waals surface area contributed by atoms with Crippen molar-refractivity contribution in [3.8, 4) is 11.5 Å². The molecule has 0 aliphatic carbocycles. The Morgan fingerprint density at radius 3 is 2.29 bits per heavy atom. The summed E-state index contributed by atoms with van der Waals surface area (Å²) in [6.07, 6.45) is 5.73. The van der Waals surface area contributed by atoms with Gasteiger partial charge in [0.1, 0.15) is 28.8 Å². The van der Waals surface area contributed by atoms with Crippen LogP contribution in [-0.4, -0.2) is 101 Å². The summed E-state index contributed by atoms with van der Waals surface area (Å²) in [6, 6.07) is 3.18. The molecule has 4 N–H and O–H groups in total. The molecule has 7 rings (SSSR count). The number of hydrogen-bond donors (Lipinski definition) is 4. The van der Waals surface area contributed by atoms with Gasteiger partial charge in [0, 0.05) is 99.9 Å². The Morgan fingerprint density at radius 2 is 1.65 bits per heavy atom. The van der Waals surface area contributed by atoms with Gasteiger partial charge in [0.15, 0.2) is 22.4 Å². The second kappa shape index (κ2) is 19.6. The van der Waals surface area contributed by atoms with Gasteiger partial charge in [-0.05, 0) is 43.6 Å². The normalized spacial score (nSPS) is 29.5. The molecule has 3 aliphatic heterocycles. The van der Waals surface area contributed by atoms with Crippen molar-refractivity contribution in [2.24, 2.45) is 35.5 Å².